The number of likely N-dealkylation sites (tertiary alicyclic amines) is 2. The number of hydrogen-bond donors (Lipinski definition) is 1. The monoisotopic (exact) mass is 923 g/mol. The summed E-state index contributed by atoms with van der Waals surface area (Å²) in [6.07, 6.45) is 14.2. The number of aromatic nitrogens is 3. The number of esters is 2. The van der Waals surface area contributed by atoms with Gasteiger partial charge in [-0.1, -0.05) is 76.6 Å². The van der Waals surface area contributed by atoms with E-state index in [1.165, 1.54) is 0 Å². The number of ether oxygens (including phenoxy) is 2. The van der Waals surface area contributed by atoms with Crippen molar-refractivity contribution in [2.24, 2.45) is 0 Å². The molecule has 0 radical (unpaired) electrons. The second-order valence-corrected chi connectivity index (χ2v) is 19.2. The molecule has 0 saturated carbocycles. The number of benzene rings is 2. The summed E-state index contributed by atoms with van der Waals surface area (Å²) in [6, 6.07) is 13.1. The van der Waals surface area contributed by atoms with Crippen LogP contribution in [0.1, 0.15) is 126 Å². The van der Waals surface area contributed by atoms with Gasteiger partial charge in [-0.2, -0.15) is 5.10 Å². The first-order valence-corrected chi connectivity index (χ1v) is 25.2. The Labute approximate surface area is 396 Å². The van der Waals surface area contributed by atoms with Gasteiger partial charge in [0, 0.05) is 81.7 Å². The van der Waals surface area contributed by atoms with Gasteiger partial charge in [-0.15, -0.1) is 0 Å². The molecule has 1 atom stereocenters. The highest BCUT2D eigenvalue weighted by molar-refractivity contribution is 5.88. The third-order valence-corrected chi connectivity index (χ3v) is 14.2. The molecular weight excluding hydrogens is 849 g/mol. The Bertz CT molecular complexity index is 2350. The van der Waals surface area contributed by atoms with Crippen LogP contribution in [0.2, 0.25) is 0 Å². The van der Waals surface area contributed by atoms with Gasteiger partial charge in [0.25, 0.3) is 5.56 Å². The van der Waals surface area contributed by atoms with Crippen LogP contribution in [0, 0.1) is 6.92 Å². The van der Waals surface area contributed by atoms with E-state index in [2.05, 4.69) is 36.0 Å². The van der Waals surface area contributed by atoms with Crippen molar-refractivity contribution in [1.82, 2.24) is 39.3 Å². The number of carbonyl (C=O) groups is 4. The second-order valence-electron chi connectivity index (χ2n) is 19.2. The van der Waals surface area contributed by atoms with Gasteiger partial charge < -0.3 is 29.5 Å². The maximum absolute atomic E-state index is 14.6. The van der Waals surface area contributed by atoms with Gasteiger partial charge in [-0.3, -0.25) is 28.6 Å². The minimum atomic E-state index is -0.803. The van der Waals surface area contributed by atoms with Crippen molar-refractivity contribution >= 4 is 45.7 Å². The zero-order valence-electron chi connectivity index (χ0n) is 40.5. The van der Waals surface area contributed by atoms with Crippen LogP contribution in [0.5, 0.6) is 0 Å². The molecule has 67 heavy (non-hydrogen) atoms. The summed E-state index contributed by atoms with van der Waals surface area (Å²) >= 11 is 0. The van der Waals surface area contributed by atoms with Crippen LogP contribution in [0.3, 0.4) is 0 Å². The molecule has 2 aromatic carbocycles. The van der Waals surface area contributed by atoms with E-state index < -0.39 is 6.04 Å². The Balaban J connectivity index is 1.02. The largest absolute Gasteiger partial charge is 0.444 e. The maximum Gasteiger partial charge on any atom is 0.318 e. The number of piperazine rings is 1. The average Bonchev–Trinajstić information content (AvgIpc) is 3.77. The van der Waals surface area contributed by atoms with Gasteiger partial charge in [0.05, 0.1) is 11.0 Å². The molecule has 0 unspecified atom stereocenters. The Hall–Kier alpha value is -5.28. The van der Waals surface area contributed by atoms with E-state index >= 15 is 0 Å². The lowest BCUT2D eigenvalue weighted by atomic mass is 9.89. The number of rotatable bonds is 20. The van der Waals surface area contributed by atoms with E-state index in [9.17, 15) is 24.0 Å². The van der Waals surface area contributed by atoms with Crippen molar-refractivity contribution in [3.63, 3.8) is 0 Å². The standard InChI is InChI=1S/C52H74N8O7/c1-5-7-9-11-17-47(61)66-36-59-35-42-32-39(31-38(3)49(42)54-59)33-45(51(64)57-29-27-56(28-30-57)43-21-23-55(4)24-22-43)53-52(65)58-25-19-40(20-26-58)44-34-41-15-13-14-16-46(41)60(50(44)63)37-67-48(62)18-12-10-8-6-2/h13-16,31-32,34-35,40,43,45H,5-12,17-30,33,36-37H2,1-4H3,(H,53,65)/t45-/m1/s1. The summed E-state index contributed by atoms with van der Waals surface area (Å²) in [5, 5.41) is 9.64. The van der Waals surface area contributed by atoms with Crippen LogP contribution in [0.15, 0.2) is 53.5 Å². The number of fused-ring (bicyclic) bond motifs is 2. The molecule has 1 N–H and O–H groups in total. The maximum atomic E-state index is 14.6. The van der Waals surface area contributed by atoms with Gasteiger partial charge in [-0.25, -0.2) is 9.48 Å². The van der Waals surface area contributed by atoms with E-state index in [1.54, 1.807) is 14.1 Å². The number of nitrogens with one attached hydrogen (secondary N) is 1. The van der Waals surface area contributed by atoms with E-state index in [1.807, 2.05) is 60.5 Å². The minimum Gasteiger partial charge on any atom is -0.444 e. The summed E-state index contributed by atoms with van der Waals surface area (Å²) in [7, 11) is 2.17. The number of carbonyl (C=O) groups excluding carboxylic acids is 4. The lowest BCUT2D eigenvalue weighted by Gasteiger charge is -2.43. The zero-order valence-corrected chi connectivity index (χ0v) is 40.5. The van der Waals surface area contributed by atoms with Crippen LogP contribution in [-0.4, -0.2) is 129 Å². The smallest absolute Gasteiger partial charge is 0.318 e. The number of para-hydroxylation sites is 1. The first-order chi connectivity index (χ1) is 32.5. The second kappa shape index (κ2) is 24.1. The van der Waals surface area contributed by atoms with E-state index in [0.29, 0.717) is 75.4 Å². The topological polar surface area (TPSA) is 152 Å². The fourth-order valence-electron chi connectivity index (χ4n) is 10.2. The molecule has 0 spiro atoms. The first-order valence-electron chi connectivity index (χ1n) is 25.2. The number of nitrogens with zero attached hydrogens (tertiary/aromatic N) is 7. The van der Waals surface area contributed by atoms with Crippen molar-refractivity contribution in [3.8, 4) is 0 Å². The molecule has 7 rings (SSSR count). The lowest BCUT2D eigenvalue weighted by molar-refractivity contribution is -0.148. The summed E-state index contributed by atoms with van der Waals surface area (Å²) < 4.78 is 14.4. The Morgan fingerprint density at radius 1 is 0.746 bits per heavy atom. The number of urea groups is 1. The minimum absolute atomic E-state index is 0.0269. The Morgan fingerprint density at radius 3 is 2.07 bits per heavy atom. The number of aryl methyl sites for hydroxylation is 1. The molecule has 364 valence electrons. The zero-order chi connectivity index (χ0) is 47.3. The van der Waals surface area contributed by atoms with Crippen LogP contribution in [0.4, 0.5) is 4.79 Å². The van der Waals surface area contributed by atoms with Gasteiger partial charge in [-0.05, 0) is 106 Å². The third kappa shape index (κ3) is 13.2. The predicted molar refractivity (Wildman–Crippen MR) is 261 cm³/mol. The van der Waals surface area contributed by atoms with Crippen molar-refractivity contribution in [3.05, 3.63) is 75.7 Å². The van der Waals surface area contributed by atoms with Gasteiger partial charge in [0.2, 0.25) is 5.91 Å². The molecule has 3 aliphatic heterocycles. The highest BCUT2D eigenvalue weighted by atomic mass is 16.5. The van der Waals surface area contributed by atoms with Crippen molar-refractivity contribution in [1.29, 1.82) is 0 Å². The number of piperidine rings is 2. The molecule has 0 bridgehead atoms. The molecule has 3 saturated heterocycles. The van der Waals surface area contributed by atoms with E-state index in [0.717, 1.165) is 118 Å². The average molecular weight is 923 g/mol. The summed E-state index contributed by atoms with van der Waals surface area (Å²) in [4.78, 5) is 76.5. The number of unbranched alkanes of at least 4 members (excludes halogenated alkanes) is 6. The van der Waals surface area contributed by atoms with Crippen molar-refractivity contribution in [2.75, 3.05) is 59.4 Å². The van der Waals surface area contributed by atoms with Crippen molar-refractivity contribution < 1.29 is 28.7 Å². The van der Waals surface area contributed by atoms with E-state index in [4.69, 9.17) is 14.6 Å². The molecule has 3 fully saturated rings. The van der Waals surface area contributed by atoms with Crippen LogP contribution in [0.25, 0.3) is 21.8 Å². The molecule has 3 amide bonds. The quantitative estimate of drug-likeness (QED) is 0.0705. The van der Waals surface area contributed by atoms with Crippen molar-refractivity contribution in [2.45, 2.75) is 149 Å². The van der Waals surface area contributed by atoms with Crippen LogP contribution >= 0.6 is 0 Å². The number of hydrogen-bond acceptors (Lipinski definition) is 10. The summed E-state index contributed by atoms with van der Waals surface area (Å²) in [5.41, 5.74) is 3.80. The fraction of sp³-hybridized carbons (Fsp3) is 0.615. The fourth-order valence-corrected chi connectivity index (χ4v) is 10.2. The molecule has 4 aromatic rings. The normalized spacial score (nSPS) is 17.3. The Kier molecular flexibility index (Phi) is 17.9. The Morgan fingerprint density at radius 2 is 1.40 bits per heavy atom. The molecule has 3 aliphatic rings. The third-order valence-electron chi connectivity index (χ3n) is 14.2. The number of amides is 3. The van der Waals surface area contributed by atoms with E-state index in [-0.39, 0.29) is 48.8 Å². The molecule has 5 heterocycles. The molecule has 0 aliphatic carbocycles. The van der Waals surface area contributed by atoms with Gasteiger partial charge in [0.1, 0.15) is 6.04 Å². The molecule has 2 aromatic heterocycles. The SMILES string of the molecule is CCCCCCC(=O)OCn1cc2cc(C[C@@H](NC(=O)N3CCC(c4cc5ccccc5n(COC(=O)CCCCCC)c4=O)CC3)C(=O)N3CCN(C4CCN(C)CC4)CC3)cc(C)c2n1. The predicted octanol–water partition coefficient (Wildman–Crippen LogP) is 7.34. The number of pyridine rings is 1. The highest BCUT2D eigenvalue weighted by Crippen LogP contribution is 2.29. The molecule has 15 nitrogen and oxygen atoms in total. The highest BCUT2D eigenvalue weighted by Gasteiger charge is 2.34. The van der Waals surface area contributed by atoms with Crippen LogP contribution < -0.4 is 10.9 Å². The summed E-state index contributed by atoms with van der Waals surface area (Å²) in [5.74, 6) is -0.732. The molecule has 15 heteroatoms. The van der Waals surface area contributed by atoms with Gasteiger partial charge in [0.15, 0.2) is 13.5 Å². The van der Waals surface area contributed by atoms with Gasteiger partial charge >= 0.3 is 18.0 Å². The summed E-state index contributed by atoms with van der Waals surface area (Å²) in [6.45, 7) is 11.9. The van der Waals surface area contributed by atoms with Crippen LogP contribution in [-0.2, 0) is 43.7 Å². The molecular formula is C52H74N8O7. The lowest BCUT2D eigenvalue weighted by Crippen LogP contribution is -2.59. The first kappa shape index (κ1) is 49.6.